The summed E-state index contributed by atoms with van der Waals surface area (Å²) in [5, 5.41) is 22.1. The maximum atomic E-state index is 10.3. The summed E-state index contributed by atoms with van der Waals surface area (Å²) in [5.74, 6) is 1.95. The van der Waals surface area contributed by atoms with Crippen LogP contribution in [0.3, 0.4) is 0 Å². The van der Waals surface area contributed by atoms with Gasteiger partial charge >= 0.3 is 0 Å². The number of aliphatic hydroxyl groups is 1. The highest BCUT2D eigenvalue weighted by Gasteiger charge is 2.57. The van der Waals surface area contributed by atoms with Gasteiger partial charge in [0, 0.05) is 6.42 Å². The lowest BCUT2D eigenvalue weighted by atomic mass is 9.93. The molecule has 2 aliphatic carbocycles. The quantitative estimate of drug-likeness (QED) is 0.715. The van der Waals surface area contributed by atoms with Gasteiger partial charge in [0.25, 0.3) is 0 Å². The van der Waals surface area contributed by atoms with Crippen molar-refractivity contribution in [2.24, 2.45) is 18.9 Å². The van der Waals surface area contributed by atoms with Crippen LogP contribution in [0.2, 0.25) is 0 Å². The molecule has 0 saturated heterocycles. The molecule has 76 valence electrons. The minimum absolute atomic E-state index is 0.506. The third-order valence-electron chi connectivity index (χ3n) is 3.57. The van der Waals surface area contributed by atoms with Crippen LogP contribution in [0.25, 0.3) is 0 Å². The van der Waals surface area contributed by atoms with Crippen molar-refractivity contribution >= 4 is 0 Å². The Labute approximate surface area is 82.1 Å². The predicted octanol–water partition coefficient (Wildman–Crippen LogP) is -0.0864. The van der Waals surface area contributed by atoms with Gasteiger partial charge in [0.2, 0.25) is 0 Å². The SMILES string of the molecule is Cn1nnc(CC2(O)CCC3CC32)n1. The number of fused-ring (bicyclic) bond motifs is 1. The normalized spacial score (nSPS) is 39.9. The number of rotatable bonds is 2. The molecule has 1 aromatic heterocycles. The topological polar surface area (TPSA) is 63.8 Å². The van der Waals surface area contributed by atoms with Gasteiger partial charge in [-0.25, -0.2) is 0 Å². The molecule has 2 aliphatic rings. The molecule has 1 N–H and O–H groups in total. The number of hydrogen-bond acceptors (Lipinski definition) is 4. The Kier molecular flexibility index (Phi) is 1.51. The van der Waals surface area contributed by atoms with Crippen molar-refractivity contribution in [1.29, 1.82) is 0 Å². The lowest BCUT2D eigenvalue weighted by molar-refractivity contribution is 0.0233. The fourth-order valence-electron chi connectivity index (χ4n) is 2.73. The third-order valence-corrected chi connectivity index (χ3v) is 3.57. The van der Waals surface area contributed by atoms with Gasteiger partial charge in [0.1, 0.15) is 0 Å². The van der Waals surface area contributed by atoms with Gasteiger partial charge < -0.3 is 5.11 Å². The van der Waals surface area contributed by atoms with Crippen LogP contribution >= 0.6 is 0 Å². The molecular weight excluding hydrogens is 180 g/mol. The highest BCUT2D eigenvalue weighted by molar-refractivity contribution is 5.10. The number of aryl methyl sites for hydroxylation is 1. The van der Waals surface area contributed by atoms with Crippen LogP contribution in [-0.4, -0.2) is 30.9 Å². The number of nitrogens with zero attached hydrogens (tertiary/aromatic N) is 4. The fourth-order valence-corrected chi connectivity index (χ4v) is 2.73. The van der Waals surface area contributed by atoms with E-state index in [4.69, 9.17) is 0 Å². The Morgan fingerprint density at radius 1 is 1.64 bits per heavy atom. The van der Waals surface area contributed by atoms with E-state index in [1.165, 1.54) is 17.6 Å². The second-order valence-electron chi connectivity index (χ2n) is 4.62. The lowest BCUT2D eigenvalue weighted by Crippen LogP contribution is -2.32. The number of tetrazole rings is 1. The largest absolute Gasteiger partial charge is 0.389 e. The zero-order valence-corrected chi connectivity index (χ0v) is 8.22. The Morgan fingerprint density at radius 2 is 2.50 bits per heavy atom. The summed E-state index contributed by atoms with van der Waals surface area (Å²) in [6.07, 6.45) is 3.83. The molecule has 0 bridgehead atoms. The van der Waals surface area contributed by atoms with E-state index in [0.717, 1.165) is 12.3 Å². The maximum absolute atomic E-state index is 10.3. The van der Waals surface area contributed by atoms with Crippen molar-refractivity contribution in [2.45, 2.75) is 31.3 Å². The van der Waals surface area contributed by atoms with Gasteiger partial charge in [-0.3, -0.25) is 0 Å². The van der Waals surface area contributed by atoms with Crippen LogP contribution in [0.5, 0.6) is 0 Å². The fraction of sp³-hybridized carbons (Fsp3) is 0.889. The van der Waals surface area contributed by atoms with Crippen molar-refractivity contribution < 1.29 is 5.11 Å². The van der Waals surface area contributed by atoms with Crippen LogP contribution in [0.1, 0.15) is 25.1 Å². The second kappa shape index (κ2) is 2.53. The molecule has 3 unspecified atom stereocenters. The Balaban J connectivity index is 1.77. The molecule has 1 aromatic rings. The van der Waals surface area contributed by atoms with E-state index in [2.05, 4.69) is 15.4 Å². The van der Waals surface area contributed by atoms with Gasteiger partial charge in [-0.2, -0.15) is 4.80 Å². The molecule has 3 rings (SSSR count). The van der Waals surface area contributed by atoms with E-state index in [1.807, 2.05) is 0 Å². The summed E-state index contributed by atoms with van der Waals surface area (Å²) in [6.45, 7) is 0. The summed E-state index contributed by atoms with van der Waals surface area (Å²) in [5.41, 5.74) is -0.534. The first kappa shape index (κ1) is 8.35. The van der Waals surface area contributed by atoms with Crippen LogP contribution in [0, 0.1) is 11.8 Å². The van der Waals surface area contributed by atoms with E-state index in [-0.39, 0.29) is 0 Å². The van der Waals surface area contributed by atoms with E-state index in [1.54, 1.807) is 7.05 Å². The van der Waals surface area contributed by atoms with Crippen LogP contribution in [0.4, 0.5) is 0 Å². The second-order valence-corrected chi connectivity index (χ2v) is 4.62. The molecule has 14 heavy (non-hydrogen) atoms. The van der Waals surface area contributed by atoms with Gasteiger partial charge in [0.05, 0.1) is 12.6 Å². The molecule has 0 spiro atoms. The highest BCUT2D eigenvalue weighted by atomic mass is 16.3. The molecule has 0 radical (unpaired) electrons. The van der Waals surface area contributed by atoms with E-state index < -0.39 is 5.60 Å². The minimum Gasteiger partial charge on any atom is -0.389 e. The van der Waals surface area contributed by atoms with Crippen molar-refractivity contribution in [3.63, 3.8) is 0 Å². The van der Waals surface area contributed by atoms with E-state index in [0.29, 0.717) is 18.2 Å². The highest BCUT2D eigenvalue weighted by Crippen LogP contribution is 2.58. The van der Waals surface area contributed by atoms with Crippen molar-refractivity contribution in [3.05, 3.63) is 5.82 Å². The Morgan fingerprint density at radius 3 is 3.00 bits per heavy atom. The monoisotopic (exact) mass is 194 g/mol. The Bertz CT molecular complexity index is 363. The molecule has 1 heterocycles. The zero-order valence-electron chi connectivity index (χ0n) is 8.22. The molecule has 3 atom stereocenters. The molecule has 0 amide bonds. The van der Waals surface area contributed by atoms with Gasteiger partial charge in [0.15, 0.2) is 5.82 Å². The summed E-state index contributed by atoms with van der Waals surface area (Å²) < 4.78 is 0. The van der Waals surface area contributed by atoms with Crippen molar-refractivity contribution in [1.82, 2.24) is 20.2 Å². The summed E-state index contributed by atoms with van der Waals surface area (Å²) in [6, 6.07) is 0. The van der Waals surface area contributed by atoms with Crippen molar-refractivity contribution in [2.75, 3.05) is 0 Å². The molecule has 2 saturated carbocycles. The molecule has 0 aliphatic heterocycles. The third kappa shape index (κ3) is 1.15. The summed E-state index contributed by atoms with van der Waals surface area (Å²) in [4.78, 5) is 1.44. The average Bonchev–Trinajstić information content (AvgIpc) is 2.74. The van der Waals surface area contributed by atoms with Gasteiger partial charge in [-0.1, -0.05) is 0 Å². The first-order valence-electron chi connectivity index (χ1n) is 5.13. The standard InChI is InChI=1S/C9H14N4O/c1-13-11-8(10-12-13)5-9(14)3-2-6-4-7(6)9/h6-7,14H,2-5H2,1H3. The summed E-state index contributed by atoms with van der Waals surface area (Å²) in [7, 11) is 1.75. The van der Waals surface area contributed by atoms with E-state index in [9.17, 15) is 5.11 Å². The molecule has 2 fully saturated rings. The first-order chi connectivity index (χ1) is 6.67. The van der Waals surface area contributed by atoms with Crippen LogP contribution in [0.15, 0.2) is 0 Å². The first-order valence-corrected chi connectivity index (χ1v) is 5.13. The molecular formula is C9H14N4O. The van der Waals surface area contributed by atoms with Gasteiger partial charge in [-0.15, -0.1) is 10.2 Å². The number of hydrogen-bond donors (Lipinski definition) is 1. The Hall–Kier alpha value is -0.970. The van der Waals surface area contributed by atoms with Crippen LogP contribution < -0.4 is 0 Å². The lowest BCUT2D eigenvalue weighted by Gasteiger charge is -2.22. The minimum atomic E-state index is -0.534. The molecule has 0 aromatic carbocycles. The zero-order chi connectivity index (χ0) is 9.76. The van der Waals surface area contributed by atoms with Crippen molar-refractivity contribution in [3.8, 4) is 0 Å². The maximum Gasteiger partial charge on any atom is 0.177 e. The van der Waals surface area contributed by atoms with Crippen LogP contribution in [-0.2, 0) is 13.5 Å². The number of aromatic nitrogens is 4. The molecule has 5 heteroatoms. The predicted molar refractivity (Wildman–Crippen MR) is 48.3 cm³/mol. The smallest absolute Gasteiger partial charge is 0.177 e. The van der Waals surface area contributed by atoms with E-state index >= 15 is 0 Å². The van der Waals surface area contributed by atoms with Gasteiger partial charge in [-0.05, 0) is 36.3 Å². The molecule has 5 nitrogen and oxygen atoms in total. The summed E-state index contributed by atoms with van der Waals surface area (Å²) >= 11 is 0. The average molecular weight is 194 g/mol.